The fourth-order valence-corrected chi connectivity index (χ4v) is 2.13. The number of aromatic amines is 1. The minimum absolute atomic E-state index is 0.0620. The van der Waals surface area contributed by atoms with Crippen LogP contribution in [0.1, 0.15) is 21.8 Å². The number of benzene rings is 1. The van der Waals surface area contributed by atoms with E-state index < -0.39 is 5.97 Å². The predicted molar refractivity (Wildman–Crippen MR) is 70.2 cm³/mol. The summed E-state index contributed by atoms with van der Waals surface area (Å²) in [6, 6.07) is 7.26. The number of carbonyl (C=O) groups is 1. The maximum absolute atomic E-state index is 10.9. The summed E-state index contributed by atoms with van der Waals surface area (Å²) in [6.07, 6.45) is 0. The number of hydrogen-bond acceptors (Lipinski definition) is 3. The second-order valence-electron chi connectivity index (χ2n) is 4.44. The van der Waals surface area contributed by atoms with Crippen LogP contribution in [0, 0.1) is 13.8 Å². The van der Waals surface area contributed by atoms with Gasteiger partial charge in [-0.3, -0.25) is 5.10 Å². The average molecular weight is 256 g/mol. The third-order valence-corrected chi connectivity index (χ3v) is 3.29. The van der Waals surface area contributed by atoms with Crippen LogP contribution < -0.4 is 0 Å². The van der Waals surface area contributed by atoms with Crippen molar-refractivity contribution >= 4 is 16.9 Å². The Bertz CT molecular complexity index is 783. The average Bonchev–Trinajstić information content (AvgIpc) is 2.96. The quantitative estimate of drug-likeness (QED) is 0.738. The number of nitrogens with zero attached hydrogens (tertiary/aromatic N) is 1. The van der Waals surface area contributed by atoms with Crippen molar-refractivity contribution in [3.63, 3.8) is 0 Å². The summed E-state index contributed by atoms with van der Waals surface area (Å²) in [6.45, 7) is 3.91. The van der Waals surface area contributed by atoms with Gasteiger partial charge in [-0.25, -0.2) is 4.79 Å². The molecule has 0 amide bonds. The molecule has 0 unspecified atom stereocenters. The maximum Gasteiger partial charge on any atom is 0.353 e. The van der Waals surface area contributed by atoms with Crippen molar-refractivity contribution < 1.29 is 14.3 Å². The first kappa shape index (κ1) is 11.5. The molecule has 2 N–H and O–H groups in total. The van der Waals surface area contributed by atoms with Crippen LogP contribution in [-0.4, -0.2) is 21.3 Å². The minimum Gasteiger partial charge on any atom is -0.477 e. The molecular weight excluding hydrogens is 244 g/mol. The van der Waals surface area contributed by atoms with Crippen LogP contribution >= 0.6 is 0 Å². The zero-order valence-electron chi connectivity index (χ0n) is 10.5. The van der Waals surface area contributed by atoms with Crippen molar-refractivity contribution in [1.82, 2.24) is 10.2 Å². The SMILES string of the molecule is Cc1oc2c(-c3cc(C(=O)O)[nH]n3)cccc2c1C. The fourth-order valence-electron chi connectivity index (χ4n) is 2.13. The number of aromatic carboxylic acids is 1. The molecule has 0 aliphatic carbocycles. The lowest BCUT2D eigenvalue weighted by Crippen LogP contribution is -1.95. The minimum atomic E-state index is -1.03. The maximum atomic E-state index is 10.9. The largest absolute Gasteiger partial charge is 0.477 e. The van der Waals surface area contributed by atoms with Crippen LogP contribution in [0.2, 0.25) is 0 Å². The number of H-pyrrole nitrogens is 1. The zero-order valence-corrected chi connectivity index (χ0v) is 10.5. The summed E-state index contributed by atoms with van der Waals surface area (Å²) >= 11 is 0. The normalized spacial score (nSPS) is 11.1. The van der Waals surface area contributed by atoms with Gasteiger partial charge in [-0.1, -0.05) is 12.1 Å². The van der Waals surface area contributed by atoms with Crippen LogP contribution in [0.3, 0.4) is 0 Å². The Balaban J connectivity index is 2.24. The molecule has 96 valence electrons. The summed E-state index contributed by atoms with van der Waals surface area (Å²) in [5, 5.41) is 16.5. The summed E-state index contributed by atoms with van der Waals surface area (Å²) in [7, 11) is 0. The third-order valence-electron chi connectivity index (χ3n) is 3.29. The molecule has 5 nitrogen and oxygen atoms in total. The van der Waals surface area contributed by atoms with Crippen molar-refractivity contribution in [3.05, 3.63) is 41.3 Å². The van der Waals surface area contributed by atoms with E-state index in [9.17, 15) is 4.79 Å². The Morgan fingerprint density at radius 2 is 2.16 bits per heavy atom. The molecule has 0 spiro atoms. The second-order valence-corrected chi connectivity index (χ2v) is 4.44. The number of furan rings is 1. The first-order chi connectivity index (χ1) is 9.08. The van der Waals surface area contributed by atoms with Gasteiger partial charge in [0.05, 0.1) is 5.69 Å². The molecule has 0 radical (unpaired) electrons. The number of nitrogens with one attached hydrogen (secondary N) is 1. The van der Waals surface area contributed by atoms with Gasteiger partial charge in [-0.05, 0) is 31.5 Å². The van der Waals surface area contributed by atoms with Crippen molar-refractivity contribution in [1.29, 1.82) is 0 Å². The predicted octanol–water partition coefficient (Wildman–Crippen LogP) is 3.14. The molecule has 0 aliphatic rings. The Morgan fingerprint density at radius 1 is 1.37 bits per heavy atom. The highest BCUT2D eigenvalue weighted by Crippen LogP contribution is 2.32. The van der Waals surface area contributed by atoms with Gasteiger partial charge < -0.3 is 9.52 Å². The Kier molecular flexibility index (Phi) is 2.41. The standard InChI is InChI=1S/C14H12N2O3/c1-7-8(2)19-13-9(7)4-3-5-10(13)11-6-12(14(17)18)16-15-11/h3-6H,1-2H3,(H,15,16)(H,17,18). The highest BCUT2D eigenvalue weighted by molar-refractivity contribution is 5.95. The summed E-state index contributed by atoms with van der Waals surface area (Å²) < 4.78 is 5.75. The highest BCUT2D eigenvalue weighted by atomic mass is 16.4. The molecule has 0 atom stereocenters. The van der Waals surface area contributed by atoms with Crippen LogP contribution in [0.4, 0.5) is 0 Å². The molecule has 5 heteroatoms. The second kappa shape index (κ2) is 3.98. The van der Waals surface area contributed by atoms with E-state index >= 15 is 0 Å². The summed E-state index contributed by atoms with van der Waals surface area (Å²) in [4.78, 5) is 10.9. The molecule has 3 aromatic rings. The van der Waals surface area contributed by atoms with E-state index in [0.717, 1.165) is 27.9 Å². The molecule has 19 heavy (non-hydrogen) atoms. The topological polar surface area (TPSA) is 79.1 Å². The molecule has 2 heterocycles. The van der Waals surface area contributed by atoms with Crippen LogP contribution in [0.15, 0.2) is 28.7 Å². The van der Waals surface area contributed by atoms with E-state index in [2.05, 4.69) is 10.2 Å². The number of rotatable bonds is 2. The molecule has 1 aromatic carbocycles. The van der Waals surface area contributed by atoms with Gasteiger partial charge in [0.2, 0.25) is 0 Å². The highest BCUT2D eigenvalue weighted by Gasteiger charge is 2.15. The Hall–Kier alpha value is -2.56. The molecule has 0 saturated carbocycles. The van der Waals surface area contributed by atoms with Gasteiger partial charge in [-0.2, -0.15) is 5.10 Å². The van der Waals surface area contributed by atoms with Crippen molar-refractivity contribution in [3.8, 4) is 11.3 Å². The number of para-hydroxylation sites is 1. The van der Waals surface area contributed by atoms with Crippen LogP contribution in [0.25, 0.3) is 22.2 Å². The molecule has 0 bridgehead atoms. The van der Waals surface area contributed by atoms with E-state index in [1.807, 2.05) is 32.0 Å². The van der Waals surface area contributed by atoms with Gasteiger partial charge in [0.25, 0.3) is 0 Å². The first-order valence-electron chi connectivity index (χ1n) is 5.85. The number of fused-ring (bicyclic) bond motifs is 1. The number of carboxylic acid groups (broad SMARTS) is 1. The van der Waals surface area contributed by atoms with Crippen LogP contribution in [-0.2, 0) is 0 Å². The summed E-state index contributed by atoms with van der Waals surface area (Å²) in [5.41, 5.74) is 3.24. The molecule has 0 aliphatic heterocycles. The van der Waals surface area contributed by atoms with Gasteiger partial charge >= 0.3 is 5.97 Å². The van der Waals surface area contributed by atoms with Gasteiger partial charge in [0.1, 0.15) is 17.0 Å². The molecule has 0 fully saturated rings. The first-order valence-corrected chi connectivity index (χ1v) is 5.85. The number of carboxylic acids is 1. The van der Waals surface area contributed by atoms with Gasteiger partial charge in [0.15, 0.2) is 0 Å². The lowest BCUT2D eigenvalue weighted by Gasteiger charge is -1.97. The van der Waals surface area contributed by atoms with Gasteiger partial charge in [0, 0.05) is 10.9 Å². The number of hydrogen-bond donors (Lipinski definition) is 2. The lowest BCUT2D eigenvalue weighted by atomic mass is 10.1. The monoisotopic (exact) mass is 256 g/mol. The molecule has 2 aromatic heterocycles. The van der Waals surface area contributed by atoms with Crippen LogP contribution in [0.5, 0.6) is 0 Å². The van der Waals surface area contributed by atoms with E-state index in [-0.39, 0.29) is 5.69 Å². The molecular formula is C14H12N2O3. The smallest absolute Gasteiger partial charge is 0.353 e. The third kappa shape index (κ3) is 1.71. The number of aromatic nitrogens is 2. The van der Waals surface area contributed by atoms with E-state index in [1.54, 1.807) is 0 Å². The Morgan fingerprint density at radius 3 is 2.84 bits per heavy atom. The fraction of sp³-hybridized carbons (Fsp3) is 0.143. The van der Waals surface area contributed by atoms with Gasteiger partial charge in [-0.15, -0.1) is 0 Å². The van der Waals surface area contributed by atoms with Crippen molar-refractivity contribution in [2.24, 2.45) is 0 Å². The van der Waals surface area contributed by atoms with E-state index in [1.165, 1.54) is 6.07 Å². The van der Waals surface area contributed by atoms with Crippen molar-refractivity contribution in [2.45, 2.75) is 13.8 Å². The van der Waals surface area contributed by atoms with Crippen molar-refractivity contribution in [2.75, 3.05) is 0 Å². The van der Waals surface area contributed by atoms with E-state index in [0.29, 0.717) is 5.69 Å². The number of aryl methyl sites for hydroxylation is 2. The molecule has 0 saturated heterocycles. The summed E-state index contributed by atoms with van der Waals surface area (Å²) in [5.74, 6) is -0.172. The Labute approximate surface area is 108 Å². The van der Waals surface area contributed by atoms with E-state index in [4.69, 9.17) is 9.52 Å². The lowest BCUT2D eigenvalue weighted by molar-refractivity contribution is 0.0690. The zero-order chi connectivity index (χ0) is 13.6. The molecule has 3 rings (SSSR count).